The number of aromatic nitrogens is 2. The topological polar surface area (TPSA) is 84.3 Å². The van der Waals surface area contributed by atoms with E-state index in [9.17, 15) is 26.4 Å². The van der Waals surface area contributed by atoms with Crippen LogP contribution in [0, 0.1) is 0 Å². The standard InChI is InChI=1S/C19H16ClF3N4O3S/c1-26(12-18(28)25-13-7-8-17(20)16(9-13)19(21,22)23)31(29,30)15-10-24-27(11-15)14-5-3-2-4-6-14/h2-11H,12H2,1H3,(H,25,28). The highest BCUT2D eigenvalue weighted by atomic mass is 35.5. The summed E-state index contributed by atoms with van der Waals surface area (Å²) >= 11 is 5.55. The van der Waals surface area contributed by atoms with Crippen molar-refractivity contribution in [2.24, 2.45) is 0 Å². The Morgan fingerprint density at radius 2 is 1.87 bits per heavy atom. The lowest BCUT2D eigenvalue weighted by Gasteiger charge is -2.16. The van der Waals surface area contributed by atoms with Gasteiger partial charge in [-0.15, -0.1) is 0 Å². The molecule has 0 bridgehead atoms. The van der Waals surface area contributed by atoms with Gasteiger partial charge in [0.15, 0.2) is 0 Å². The number of carbonyl (C=O) groups excluding carboxylic acids is 1. The number of rotatable bonds is 6. The van der Waals surface area contributed by atoms with E-state index in [1.807, 2.05) is 0 Å². The van der Waals surface area contributed by atoms with Crippen molar-refractivity contribution in [3.63, 3.8) is 0 Å². The van der Waals surface area contributed by atoms with Gasteiger partial charge in [-0.25, -0.2) is 13.1 Å². The summed E-state index contributed by atoms with van der Waals surface area (Å²) in [5.41, 5.74) is -0.627. The number of likely N-dealkylation sites (N-methyl/N-ethyl adjacent to an activating group) is 1. The molecular weight excluding hydrogens is 457 g/mol. The molecule has 0 atom stereocenters. The van der Waals surface area contributed by atoms with Gasteiger partial charge in [0.2, 0.25) is 15.9 Å². The molecule has 3 aromatic rings. The molecule has 0 unspecified atom stereocenters. The number of carbonyl (C=O) groups is 1. The van der Waals surface area contributed by atoms with Crippen molar-refractivity contribution in [1.29, 1.82) is 0 Å². The summed E-state index contributed by atoms with van der Waals surface area (Å²) < 4.78 is 66.4. The lowest BCUT2D eigenvalue weighted by atomic mass is 10.2. The van der Waals surface area contributed by atoms with Crippen LogP contribution in [-0.2, 0) is 21.0 Å². The zero-order chi connectivity index (χ0) is 22.8. The Bertz CT molecular complexity index is 1200. The summed E-state index contributed by atoms with van der Waals surface area (Å²) in [6, 6.07) is 11.7. The highest BCUT2D eigenvalue weighted by molar-refractivity contribution is 7.89. The average molecular weight is 473 g/mol. The largest absolute Gasteiger partial charge is 0.417 e. The molecule has 164 valence electrons. The molecule has 2 aromatic carbocycles. The van der Waals surface area contributed by atoms with E-state index in [-0.39, 0.29) is 10.6 Å². The molecule has 0 radical (unpaired) electrons. The fraction of sp³-hybridized carbons (Fsp3) is 0.158. The maximum atomic E-state index is 13.0. The second kappa shape index (κ2) is 8.69. The van der Waals surface area contributed by atoms with Gasteiger partial charge in [0.05, 0.1) is 35.2 Å². The summed E-state index contributed by atoms with van der Waals surface area (Å²) in [5, 5.41) is 5.74. The third-order valence-corrected chi connectivity index (χ3v) is 6.30. The van der Waals surface area contributed by atoms with Crippen molar-refractivity contribution in [2.45, 2.75) is 11.1 Å². The van der Waals surface area contributed by atoms with Crippen LogP contribution in [0.25, 0.3) is 5.69 Å². The van der Waals surface area contributed by atoms with Gasteiger partial charge in [-0.2, -0.15) is 22.6 Å². The summed E-state index contributed by atoms with van der Waals surface area (Å²) in [6.45, 7) is -0.622. The Labute approximate surface area is 181 Å². The van der Waals surface area contributed by atoms with Crippen molar-refractivity contribution in [3.05, 3.63) is 71.5 Å². The number of hydrogen-bond acceptors (Lipinski definition) is 4. The zero-order valence-corrected chi connectivity index (χ0v) is 17.5. The van der Waals surface area contributed by atoms with Crippen LogP contribution >= 0.6 is 11.6 Å². The number of alkyl halides is 3. The number of para-hydroxylation sites is 1. The van der Waals surface area contributed by atoms with Crippen LogP contribution in [0.5, 0.6) is 0 Å². The lowest BCUT2D eigenvalue weighted by molar-refractivity contribution is -0.137. The van der Waals surface area contributed by atoms with Gasteiger partial charge in [0, 0.05) is 12.7 Å². The highest BCUT2D eigenvalue weighted by Crippen LogP contribution is 2.36. The first-order valence-electron chi connectivity index (χ1n) is 8.71. The number of halogens is 4. The number of hydrogen-bond donors (Lipinski definition) is 1. The van der Waals surface area contributed by atoms with Gasteiger partial charge >= 0.3 is 6.18 Å². The number of benzene rings is 2. The minimum Gasteiger partial charge on any atom is -0.325 e. The minimum atomic E-state index is -4.70. The van der Waals surface area contributed by atoms with Gasteiger partial charge in [0.25, 0.3) is 0 Å². The maximum absolute atomic E-state index is 13.0. The summed E-state index contributed by atoms with van der Waals surface area (Å²) in [5.74, 6) is -0.822. The highest BCUT2D eigenvalue weighted by Gasteiger charge is 2.33. The minimum absolute atomic E-state index is 0.141. The molecule has 31 heavy (non-hydrogen) atoms. The molecule has 1 aromatic heterocycles. The first-order chi connectivity index (χ1) is 14.5. The van der Waals surface area contributed by atoms with Crippen LogP contribution in [0.1, 0.15) is 5.56 Å². The molecule has 0 saturated heterocycles. The van der Waals surface area contributed by atoms with E-state index < -0.39 is 39.2 Å². The smallest absolute Gasteiger partial charge is 0.325 e. The maximum Gasteiger partial charge on any atom is 0.417 e. The van der Waals surface area contributed by atoms with Crippen LogP contribution in [0.15, 0.2) is 65.8 Å². The van der Waals surface area contributed by atoms with Crippen LogP contribution < -0.4 is 5.32 Å². The van der Waals surface area contributed by atoms with E-state index in [2.05, 4.69) is 10.4 Å². The molecule has 0 aliphatic heterocycles. The molecule has 0 saturated carbocycles. The van der Waals surface area contributed by atoms with E-state index in [0.717, 1.165) is 16.6 Å². The van der Waals surface area contributed by atoms with Crippen molar-refractivity contribution in [2.75, 3.05) is 18.9 Å². The van der Waals surface area contributed by atoms with E-state index in [1.54, 1.807) is 30.3 Å². The Morgan fingerprint density at radius 3 is 2.52 bits per heavy atom. The van der Waals surface area contributed by atoms with Crippen molar-refractivity contribution < 1.29 is 26.4 Å². The summed E-state index contributed by atoms with van der Waals surface area (Å²) in [4.78, 5) is 12.1. The number of anilines is 1. The molecule has 12 heteroatoms. The van der Waals surface area contributed by atoms with Crippen molar-refractivity contribution >= 4 is 33.2 Å². The fourth-order valence-electron chi connectivity index (χ4n) is 2.65. The molecular formula is C19H16ClF3N4O3S. The first kappa shape index (κ1) is 22.8. The van der Waals surface area contributed by atoms with E-state index >= 15 is 0 Å². The monoisotopic (exact) mass is 472 g/mol. The lowest BCUT2D eigenvalue weighted by Crippen LogP contribution is -2.34. The molecule has 7 nitrogen and oxygen atoms in total. The number of nitrogens with one attached hydrogen (secondary N) is 1. The van der Waals surface area contributed by atoms with Gasteiger partial charge in [-0.05, 0) is 30.3 Å². The molecule has 0 aliphatic carbocycles. The SMILES string of the molecule is CN(CC(=O)Nc1ccc(Cl)c(C(F)(F)F)c1)S(=O)(=O)c1cnn(-c2ccccc2)c1. The molecule has 0 aliphatic rings. The van der Waals surface area contributed by atoms with E-state index in [0.29, 0.717) is 11.8 Å². The second-order valence-corrected chi connectivity index (χ2v) is 8.91. The van der Waals surface area contributed by atoms with Crippen LogP contribution in [-0.4, -0.2) is 42.0 Å². The second-order valence-electron chi connectivity index (χ2n) is 6.46. The third-order valence-electron chi connectivity index (χ3n) is 4.21. The van der Waals surface area contributed by atoms with Crippen LogP contribution in [0.3, 0.4) is 0 Å². The normalized spacial score (nSPS) is 12.2. The van der Waals surface area contributed by atoms with Crippen LogP contribution in [0.2, 0.25) is 5.02 Å². The van der Waals surface area contributed by atoms with Crippen molar-refractivity contribution in [1.82, 2.24) is 14.1 Å². The molecule has 0 spiro atoms. The van der Waals surface area contributed by atoms with Gasteiger partial charge < -0.3 is 5.32 Å². The predicted molar refractivity (Wildman–Crippen MR) is 108 cm³/mol. The van der Waals surface area contributed by atoms with Gasteiger partial charge in [-0.1, -0.05) is 29.8 Å². The molecule has 1 heterocycles. The van der Waals surface area contributed by atoms with Crippen LogP contribution in [0.4, 0.5) is 18.9 Å². The van der Waals surface area contributed by atoms with Gasteiger partial charge in [0.1, 0.15) is 4.90 Å². The third kappa shape index (κ3) is 5.24. The number of amides is 1. The Morgan fingerprint density at radius 1 is 1.19 bits per heavy atom. The average Bonchev–Trinajstić information content (AvgIpc) is 3.20. The zero-order valence-electron chi connectivity index (χ0n) is 16.0. The molecule has 0 fully saturated rings. The van der Waals surface area contributed by atoms with Gasteiger partial charge in [-0.3, -0.25) is 4.79 Å². The number of nitrogens with zero attached hydrogens (tertiary/aromatic N) is 3. The summed E-state index contributed by atoms with van der Waals surface area (Å²) in [7, 11) is -2.89. The van der Waals surface area contributed by atoms with E-state index in [1.165, 1.54) is 24.0 Å². The first-order valence-corrected chi connectivity index (χ1v) is 10.5. The summed E-state index contributed by atoms with van der Waals surface area (Å²) in [6.07, 6.45) is -2.25. The predicted octanol–water partition coefficient (Wildman–Crippen LogP) is 3.80. The van der Waals surface area contributed by atoms with Crippen molar-refractivity contribution in [3.8, 4) is 5.69 Å². The quantitative estimate of drug-likeness (QED) is 0.591. The fourth-order valence-corrected chi connectivity index (χ4v) is 3.93. The molecule has 1 N–H and O–H groups in total. The molecule has 1 amide bonds. The Balaban J connectivity index is 1.72. The van der Waals surface area contributed by atoms with E-state index in [4.69, 9.17) is 11.6 Å². The Kier molecular flexibility index (Phi) is 6.39. The molecule has 3 rings (SSSR count). The Hall–Kier alpha value is -2.89. The number of sulfonamides is 1.